The normalized spacial score (nSPS) is 10.2. The second-order valence-electron chi connectivity index (χ2n) is 5.57. The van der Waals surface area contributed by atoms with Crippen LogP contribution in [0.25, 0.3) is 0 Å². The number of hydrogen-bond donors (Lipinski definition) is 1. The first-order chi connectivity index (χ1) is 12.4. The van der Waals surface area contributed by atoms with Gasteiger partial charge in [0.25, 0.3) is 5.91 Å². The summed E-state index contributed by atoms with van der Waals surface area (Å²) in [5.74, 6) is 0.0190. The number of nitrogens with zero attached hydrogens (tertiary/aromatic N) is 1. The van der Waals surface area contributed by atoms with Crippen LogP contribution in [-0.2, 0) is 6.54 Å². The maximum atomic E-state index is 12.8. The van der Waals surface area contributed by atoms with Crippen molar-refractivity contribution in [2.45, 2.75) is 6.54 Å². The molecule has 0 saturated carbocycles. The average molecular weight is 359 g/mol. The van der Waals surface area contributed by atoms with E-state index in [1.54, 1.807) is 31.3 Å². The lowest BCUT2D eigenvalue weighted by Gasteiger charge is -2.20. The summed E-state index contributed by atoms with van der Waals surface area (Å²) in [6, 6.07) is 9.55. The second-order valence-corrected chi connectivity index (χ2v) is 5.57. The number of ether oxygens (including phenoxy) is 3. The molecule has 0 heterocycles. The third-order valence-corrected chi connectivity index (χ3v) is 3.90. The molecule has 0 aliphatic carbocycles. The maximum Gasteiger partial charge on any atom is 0.335 e. The van der Waals surface area contributed by atoms with Gasteiger partial charge in [-0.25, -0.2) is 4.79 Å². The van der Waals surface area contributed by atoms with E-state index >= 15 is 0 Å². The molecule has 1 amide bonds. The van der Waals surface area contributed by atoms with Gasteiger partial charge >= 0.3 is 5.97 Å². The number of carbonyl (C=O) groups excluding carboxylic acids is 1. The summed E-state index contributed by atoms with van der Waals surface area (Å²) in [6.45, 7) is 0.316. The molecule has 2 aromatic rings. The van der Waals surface area contributed by atoms with Gasteiger partial charge in [0.15, 0.2) is 11.5 Å². The van der Waals surface area contributed by atoms with Crippen molar-refractivity contribution >= 4 is 11.9 Å². The molecule has 7 heteroatoms. The van der Waals surface area contributed by atoms with Gasteiger partial charge in [-0.2, -0.15) is 0 Å². The molecule has 0 atom stereocenters. The van der Waals surface area contributed by atoms with Crippen molar-refractivity contribution in [3.05, 3.63) is 53.1 Å². The van der Waals surface area contributed by atoms with E-state index < -0.39 is 5.97 Å². The summed E-state index contributed by atoms with van der Waals surface area (Å²) in [7, 11) is 6.13. The Morgan fingerprint density at radius 1 is 0.923 bits per heavy atom. The Morgan fingerprint density at radius 3 is 1.96 bits per heavy atom. The molecular formula is C19H21NO6. The summed E-state index contributed by atoms with van der Waals surface area (Å²) in [6.07, 6.45) is 0. The molecule has 0 fully saturated rings. The largest absolute Gasteiger partial charge is 0.496 e. The molecule has 26 heavy (non-hydrogen) atoms. The van der Waals surface area contributed by atoms with Crippen molar-refractivity contribution in [1.29, 1.82) is 0 Å². The van der Waals surface area contributed by atoms with Crippen molar-refractivity contribution in [3.8, 4) is 17.2 Å². The quantitative estimate of drug-likeness (QED) is 0.818. The highest BCUT2D eigenvalue weighted by molar-refractivity contribution is 5.97. The molecule has 0 spiro atoms. The number of carboxylic acids is 1. The molecule has 2 rings (SSSR count). The third-order valence-electron chi connectivity index (χ3n) is 3.90. The highest BCUT2D eigenvalue weighted by Crippen LogP contribution is 2.35. The fraction of sp³-hybridized carbons (Fsp3) is 0.263. The van der Waals surface area contributed by atoms with Crippen LogP contribution in [-0.4, -0.2) is 50.3 Å². The molecule has 7 nitrogen and oxygen atoms in total. The predicted molar refractivity (Wildman–Crippen MR) is 95.3 cm³/mol. The maximum absolute atomic E-state index is 12.8. The fourth-order valence-corrected chi connectivity index (χ4v) is 2.50. The zero-order valence-corrected chi connectivity index (χ0v) is 15.1. The van der Waals surface area contributed by atoms with Crippen LogP contribution >= 0.6 is 0 Å². The van der Waals surface area contributed by atoms with Gasteiger partial charge in [-0.3, -0.25) is 4.79 Å². The molecule has 138 valence electrons. The lowest BCUT2D eigenvalue weighted by molar-refractivity contribution is 0.0695. The molecule has 0 aromatic heterocycles. The Morgan fingerprint density at radius 2 is 1.46 bits per heavy atom. The molecule has 0 bridgehead atoms. The van der Waals surface area contributed by atoms with Crippen molar-refractivity contribution in [1.82, 2.24) is 4.90 Å². The lowest BCUT2D eigenvalue weighted by Crippen LogP contribution is -2.26. The Hall–Kier alpha value is -3.22. The van der Waals surface area contributed by atoms with Crippen molar-refractivity contribution in [3.63, 3.8) is 0 Å². The number of aromatic carboxylic acids is 1. The van der Waals surface area contributed by atoms with Crippen molar-refractivity contribution < 1.29 is 28.9 Å². The number of carbonyl (C=O) groups is 2. The van der Waals surface area contributed by atoms with Crippen molar-refractivity contribution in [2.24, 2.45) is 0 Å². The van der Waals surface area contributed by atoms with E-state index in [2.05, 4.69) is 0 Å². The van der Waals surface area contributed by atoms with E-state index in [1.807, 2.05) is 0 Å². The van der Waals surface area contributed by atoms with E-state index in [9.17, 15) is 9.59 Å². The summed E-state index contributed by atoms with van der Waals surface area (Å²) in [5.41, 5.74) is 1.35. The van der Waals surface area contributed by atoms with Gasteiger partial charge < -0.3 is 24.2 Å². The van der Waals surface area contributed by atoms with Gasteiger partial charge in [0.2, 0.25) is 0 Å². The van der Waals surface area contributed by atoms with Crippen LogP contribution in [0, 0.1) is 0 Å². The minimum atomic E-state index is -0.990. The monoisotopic (exact) mass is 359 g/mol. The number of hydrogen-bond acceptors (Lipinski definition) is 5. The first-order valence-corrected chi connectivity index (χ1v) is 7.79. The molecule has 2 aromatic carbocycles. The van der Waals surface area contributed by atoms with E-state index in [4.69, 9.17) is 19.3 Å². The average Bonchev–Trinajstić information content (AvgIpc) is 2.66. The topological polar surface area (TPSA) is 85.3 Å². The lowest BCUT2D eigenvalue weighted by atomic mass is 10.1. The van der Waals surface area contributed by atoms with Crippen LogP contribution in [0.2, 0.25) is 0 Å². The van der Waals surface area contributed by atoms with Gasteiger partial charge in [0.05, 0.1) is 32.5 Å². The molecule has 0 radical (unpaired) electrons. The van der Waals surface area contributed by atoms with Crippen LogP contribution in [0.15, 0.2) is 36.4 Å². The van der Waals surface area contributed by atoms with Crippen LogP contribution in [0.5, 0.6) is 17.2 Å². The number of amides is 1. The number of methoxy groups -OCH3 is 3. The zero-order valence-electron chi connectivity index (χ0n) is 15.1. The number of carboxylic acid groups (broad SMARTS) is 1. The smallest absolute Gasteiger partial charge is 0.335 e. The highest BCUT2D eigenvalue weighted by Gasteiger charge is 2.21. The van der Waals surface area contributed by atoms with Gasteiger partial charge in [0, 0.05) is 25.7 Å². The van der Waals surface area contributed by atoms with Gasteiger partial charge in [-0.05, 0) is 17.7 Å². The Balaban J connectivity index is 2.25. The van der Waals surface area contributed by atoms with E-state index in [1.165, 1.54) is 38.4 Å². The van der Waals surface area contributed by atoms with Crippen LogP contribution < -0.4 is 14.2 Å². The predicted octanol–water partition coefficient (Wildman–Crippen LogP) is 2.68. The molecular weight excluding hydrogens is 338 g/mol. The standard InChI is InChI=1S/C19H21NO6/c1-20(11-12-5-7-13(8-6-12)19(22)23)18(21)14-9-16(25-3)17(26-4)10-15(14)24-2/h5-10H,11H2,1-4H3,(H,22,23). The molecule has 0 unspecified atom stereocenters. The minimum Gasteiger partial charge on any atom is -0.496 e. The summed E-state index contributed by atoms with van der Waals surface area (Å²) >= 11 is 0. The van der Waals surface area contributed by atoms with E-state index in [0.717, 1.165) is 5.56 Å². The van der Waals surface area contributed by atoms with Crippen molar-refractivity contribution in [2.75, 3.05) is 28.4 Å². The van der Waals surface area contributed by atoms with Gasteiger partial charge in [0.1, 0.15) is 5.75 Å². The highest BCUT2D eigenvalue weighted by atomic mass is 16.5. The van der Waals surface area contributed by atoms with E-state index in [0.29, 0.717) is 29.4 Å². The van der Waals surface area contributed by atoms with Crippen LogP contribution in [0.1, 0.15) is 26.3 Å². The Bertz CT molecular complexity index is 800. The van der Waals surface area contributed by atoms with Gasteiger partial charge in [-0.15, -0.1) is 0 Å². The second kappa shape index (κ2) is 8.24. The molecule has 0 saturated heterocycles. The molecule has 0 aliphatic heterocycles. The first kappa shape index (κ1) is 19.1. The third kappa shape index (κ3) is 4.05. The first-order valence-electron chi connectivity index (χ1n) is 7.79. The minimum absolute atomic E-state index is 0.198. The van der Waals surface area contributed by atoms with Gasteiger partial charge in [-0.1, -0.05) is 12.1 Å². The van der Waals surface area contributed by atoms with Crippen LogP contribution in [0.3, 0.4) is 0 Å². The molecule has 1 N–H and O–H groups in total. The summed E-state index contributed by atoms with van der Waals surface area (Å²) in [5, 5.41) is 8.94. The Kier molecular flexibility index (Phi) is 6.06. The fourth-order valence-electron chi connectivity index (χ4n) is 2.50. The SMILES string of the molecule is COc1cc(OC)c(C(=O)N(C)Cc2ccc(C(=O)O)cc2)cc1OC. The van der Waals surface area contributed by atoms with E-state index in [-0.39, 0.29) is 11.5 Å². The molecule has 0 aliphatic rings. The van der Waals surface area contributed by atoms with Crippen LogP contribution in [0.4, 0.5) is 0 Å². The zero-order chi connectivity index (χ0) is 19.3. The Labute approximate surface area is 151 Å². The summed E-state index contributed by atoms with van der Waals surface area (Å²) < 4.78 is 15.8. The number of rotatable bonds is 7. The summed E-state index contributed by atoms with van der Waals surface area (Å²) in [4.78, 5) is 25.3. The number of benzene rings is 2.